The van der Waals surface area contributed by atoms with Gasteiger partial charge in [-0.1, -0.05) is 24.3 Å². The summed E-state index contributed by atoms with van der Waals surface area (Å²) in [4.78, 5) is 11.0. The van der Waals surface area contributed by atoms with E-state index in [0.717, 1.165) is 17.7 Å². The number of benzene rings is 1. The number of aromatic nitrogens is 2. The highest BCUT2D eigenvalue weighted by molar-refractivity contribution is 5.92. The van der Waals surface area contributed by atoms with E-state index < -0.39 is 5.91 Å². The second-order valence-corrected chi connectivity index (χ2v) is 3.99. The van der Waals surface area contributed by atoms with Gasteiger partial charge in [-0.05, 0) is 18.1 Å². The Morgan fingerprint density at radius 1 is 1.41 bits per heavy atom. The standard InChI is InChI=1S/C13H11N3O/c14-13(17)10-7-15-16(8-10)12-6-2-4-9-3-1-5-11(9)12/h1-2,4-8H,3H2,(H2,14,17). The van der Waals surface area contributed by atoms with Gasteiger partial charge in [0.15, 0.2) is 0 Å². The topological polar surface area (TPSA) is 60.9 Å². The molecule has 0 fully saturated rings. The summed E-state index contributed by atoms with van der Waals surface area (Å²) in [6, 6.07) is 6.07. The van der Waals surface area contributed by atoms with Crippen LogP contribution in [-0.2, 0) is 6.42 Å². The van der Waals surface area contributed by atoms with E-state index in [-0.39, 0.29) is 0 Å². The van der Waals surface area contributed by atoms with E-state index >= 15 is 0 Å². The van der Waals surface area contributed by atoms with Crippen molar-refractivity contribution >= 4 is 12.0 Å². The first-order valence-corrected chi connectivity index (χ1v) is 5.39. The average molecular weight is 225 g/mol. The van der Waals surface area contributed by atoms with E-state index in [1.165, 1.54) is 11.8 Å². The van der Waals surface area contributed by atoms with Crippen LogP contribution >= 0.6 is 0 Å². The van der Waals surface area contributed by atoms with Crippen LogP contribution in [0.1, 0.15) is 21.5 Å². The lowest BCUT2D eigenvalue weighted by Gasteiger charge is -2.07. The molecule has 2 aromatic rings. The van der Waals surface area contributed by atoms with Crippen LogP contribution in [0.25, 0.3) is 11.8 Å². The van der Waals surface area contributed by atoms with E-state index in [1.54, 1.807) is 10.9 Å². The summed E-state index contributed by atoms with van der Waals surface area (Å²) in [7, 11) is 0. The van der Waals surface area contributed by atoms with Crippen molar-refractivity contribution in [2.75, 3.05) is 0 Å². The van der Waals surface area contributed by atoms with Crippen LogP contribution in [0.4, 0.5) is 0 Å². The number of rotatable bonds is 2. The molecule has 0 saturated heterocycles. The molecule has 0 bridgehead atoms. The zero-order chi connectivity index (χ0) is 11.8. The number of hydrogen-bond acceptors (Lipinski definition) is 2. The number of carbonyl (C=O) groups is 1. The number of carbonyl (C=O) groups excluding carboxylic acids is 1. The van der Waals surface area contributed by atoms with Gasteiger partial charge in [-0.2, -0.15) is 5.10 Å². The molecule has 4 nitrogen and oxygen atoms in total. The number of amides is 1. The summed E-state index contributed by atoms with van der Waals surface area (Å²) >= 11 is 0. The van der Waals surface area contributed by atoms with Crippen LogP contribution in [0.3, 0.4) is 0 Å². The number of allylic oxidation sites excluding steroid dienone is 1. The molecule has 1 aromatic heterocycles. The minimum absolute atomic E-state index is 0.421. The lowest BCUT2D eigenvalue weighted by atomic mass is 10.1. The lowest BCUT2D eigenvalue weighted by Crippen LogP contribution is -2.09. The van der Waals surface area contributed by atoms with Gasteiger partial charge < -0.3 is 5.73 Å². The molecule has 0 atom stereocenters. The van der Waals surface area contributed by atoms with Crippen LogP contribution in [-0.4, -0.2) is 15.7 Å². The molecule has 1 aromatic carbocycles. The molecule has 1 aliphatic carbocycles. The summed E-state index contributed by atoms with van der Waals surface area (Å²) in [5.41, 5.74) is 9.04. The molecule has 1 heterocycles. The third-order valence-electron chi connectivity index (χ3n) is 2.91. The molecule has 0 saturated carbocycles. The fraction of sp³-hybridized carbons (Fsp3) is 0.0769. The Morgan fingerprint density at radius 2 is 2.29 bits per heavy atom. The van der Waals surface area contributed by atoms with E-state index in [0.29, 0.717) is 5.56 Å². The molecule has 17 heavy (non-hydrogen) atoms. The van der Waals surface area contributed by atoms with Crippen molar-refractivity contribution in [2.24, 2.45) is 5.73 Å². The SMILES string of the molecule is NC(=O)c1cnn(-c2cccc3c2C=CC3)c1. The maximum atomic E-state index is 11.0. The zero-order valence-corrected chi connectivity index (χ0v) is 9.13. The third kappa shape index (κ3) is 1.54. The van der Waals surface area contributed by atoms with Crippen LogP contribution in [0.5, 0.6) is 0 Å². The van der Waals surface area contributed by atoms with Gasteiger partial charge in [0.05, 0.1) is 17.4 Å². The summed E-state index contributed by atoms with van der Waals surface area (Å²) in [5, 5.41) is 4.17. The summed E-state index contributed by atoms with van der Waals surface area (Å²) in [5.74, 6) is -0.459. The highest BCUT2D eigenvalue weighted by Crippen LogP contribution is 2.25. The van der Waals surface area contributed by atoms with Gasteiger partial charge in [-0.25, -0.2) is 4.68 Å². The fourth-order valence-electron chi connectivity index (χ4n) is 2.06. The van der Waals surface area contributed by atoms with Crippen molar-refractivity contribution in [1.29, 1.82) is 0 Å². The zero-order valence-electron chi connectivity index (χ0n) is 9.13. The monoisotopic (exact) mass is 225 g/mol. The predicted molar refractivity (Wildman–Crippen MR) is 64.8 cm³/mol. The number of hydrogen-bond donors (Lipinski definition) is 1. The largest absolute Gasteiger partial charge is 0.366 e. The molecule has 1 amide bonds. The maximum absolute atomic E-state index is 11.0. The third-order valence-corrected chi connectivity index (χ3v) is 2.91. The first kappa shape index (κ1) is 9.84. The Labute approximate surface area is 98.4 Å². The van der Waals surface area contributed by atoms with Crippen LogP contribution in [0, 0.1) is 0 Å². The summed E-state index contributed by atoms with van der Waals surface area (Å²) in [6.07, 6.45) is 8.29. The van der Waals surface area contributed by atoms with E-state index in [2.05, 4.69) is 23.3 Å². The molecule has 84 valence electrons. The van der Waals surface area contributed by atoms with Crippen LogP contribution < -0.4 is 5.73 Å². The Balaban J connectivity index is 2.12. The van der Waals surface area contributed by atoms with E-state index in [9.17, 15) is 4.79 Å². The van der Waals surface area contributed by atoms with Gasteiger partial charge in [-0.15, -0.1) is 0 Å². The van der Waals surface area contributed by atoms with Crippen molar-refractivity contribution < 1.29 is 4.79 Å². The van der Waals surface area contributed by atoms with Gasteiger partial charge in [-0.3, -0.25) is 4.79 Å². The molecule has 2 N–H and O–H groups in total. The van der Waals surface area contributed by atoms with Crippen LogP contribution in [0.2, 0.25) is 0 Å². The van der Waals surface area contributed by atoms with Crippen molar-refractivity contribution in [3.8, 4) is 5.69 Å². The lowest BCUT2D eigenvalue weighted by molar-refractivity contribution is 0.100. The van der Waals surface area contributed by atoms with E-state index in [1.807, 2.05) is 12.1 Å². The minimum atomic E-state index is -0.459. The van der Waals surface area contributed by atoms with E-state index in [4.69, 9.17) is 5.73 Å². The number of primary amides is 1. The normalized spacial score (nSPS) is 12.7. The number of nitrogens with zero attached hydrogens (tertiary/aromatic N) is 2. The molecule has 0 radical (unpaired) electrons. The summed E-state index contributed by atoms with van der Waals surface area (Å²) < 4.78 is 1.69. The van der Waals surface area contributed by atoms with Gasteiger partial charge in [0.25, 0.3) is 5.91 Å². The second kappa shape index (κ2) is 3.59. The number of nitrogens with two attached hydrogens (primary N) is 1. The predicted octanol–water partition coefficient (Wildman–Crippen LogP) is 1.54. The van der Waals surface area contributed by atoms with Gasteiger partial charge >= 0.3 is 0 Å². The van der Waals surface area contributed by atoms with Gasteiger partial charge in [0, 0.05) is 11.8 Å². The first-order valence-electron chi connectivity index (χ1n) is 5.39. The van der Waals surface area contributed by atoms with Crippen molar-refractivity contribution in [1.82, 2.24) is 9.78 Å². The Hall–Kier alpha value is -2.36. The maximum Gasteiger partial charge on any atom is 0.251 e. The van der Waals surface area contributed by atoms with Crippen molar-refractivity contribution in [2.45, 2.75) is 6.42 Å². The molecular formula is C13H11N3O. The highest BCUT2D eigenvalue weighted by atomic mass is 16.1. The van der Waals surface area contributed by atoms with Crippen molar-refractivity contribution in [3.05, 3.63) is 53.4 Å². The first-order chi connectivity index (χ1) is 8.25. The molecule has 1 aliphatic rings. The number of fused-ring (bicyclic) bond motifs is 1. The molecular weight excluding hydrogens is 214 g/mol. The van der Waals surface area contributed by atoms with Crippen LogP contribution in [0.15, 0.2) is 36.7 Å². The van der Waals surface area contributed by atoms with Gasteiger partial charge in [0.2, 0.25) is 0 Å². The molecule has 3 rings (SSSR count). The second-order valence-electron chi connectivity index (χ2n) is 3.99. The average Bonchev–Trinajstić information content (AvgIpc) is 2.97. The molecule has 0 spiro atoms. The molecule has 0 aliphatic heterocycles. The Morgan fingerprint density at radius 3 is 3.06 bits per heavy atom. The quantitative estimate of drug-likeness (QED) is 0.842. The summed E-state index contributed by atoms with van der Waals surface area (Å²) in [6.45, 7) is 0. The minimum Gasteiger partial charge on any atom is -0.366 e. The highest BCUT2D eigenvalue weighted by Gasteiger charge is 2.12. The Bertz CT molecular complexity index is 625. The molecule has 4 heteroatoms. The Kier molecular flexibility index (Phi) is 2.08. The fourth-order valence-corrected chi connectivity index (χ4v) is 2.06. The molecule has 0 unspecified atom stereocenters. The van der Waals surface area contributed by atoms with Gasteiger partial charge in [0.1, 0.15) is 0 Å². The smallest absolute Gasteiger partial charge is 0.251 e. The van der Waals surface area contributed by atoms with Crippen molar-refractivity contribution in [3.63, 3.8) is 0 Å².